The highest BCUT2D eigenvalue weighted by Crippen LogP contribution is 2.29. The van der Waals surface area contributed by atoms with Crippen molar-refractivity contribution in [1.29, 1.82) is 0 Å². The first-order valence-electron chi connectivity index (χ1n) is 6.65. The van der Waals surface area contributed by atoms with E-state index in [1.807, 2.05) is 18.2 Å². The number of furan rings is 1. The predicted molar refractivity (Wildman–Crippen MR) is 71.3 cm³/mol. The molecule has 2 N–H and O–H groups in total. The third kappa shape index (κ3) is 2.42. The molecule has 0 radical (unpaired) electrons. The van der Waals surface area contributed by atoms with Crippen molar-refractivity contribution in [3.05, 3.63) is 36.1 Å². The molecule has 1 unspecified atom stereocenters. The largest absolute Gasteiger partial charge is 0.459 e. The molecule has 1 aromatic heterocycles. The Balaban J connectivity index is 1.72. The third-order valence-corrected chi connectivity index (χ3v) is 3.74. The van der Waals surface area contributed by atoms with Crippen LogP contribution in [0.2, 0.25) is 0 Å². The van der Waals surface area contributed by atoms with E-state index in [-0.39, 0.29) is 6.04 Å². The maximum absolute atomic E-state index is 6.26. The molecule has 3 nitrogen and oxygen atoms in total. The fourth-order valence-corrected chi connectivity index (χ4v) is 2.64. The molecule has 18 heavy (non-hydrogen) atoms. The normalized spacial score (nSPS) is 19.2. The molecule has 3 heteroatoms. The molecule has 1 atom stereocenters. The molecule has 1 aromatic carbocycles. The summed E-state index contributed by atoms with van der Waals surface area (Å²) in [5.74, 6) is 1.57. The van der Waals surface area contributed by atoms with Gasteiger partial charge in [-0.25, -0.2) is 0 Å². The van der Waals surface area contributed by atoms with Crippen LogP contribution in [0.15, 0.2) is 34.7 Å². The van der Waals surface area contributed by atoms with Gasteiger partial charge in [-0.2, -0.15) is 0 Å². The smallest absolute Gasteiger partial charge is 0.134 e. The summed E-state index contributed by atoms with van der Waals surface area (Å²) >= 11 is 0. The fraction of sp³-hybridized carbons (Fsp3) is 0.467. The predicted octanol–water partition coefficient (Wildman–Crippen LogP) is 3.25. The van der Waals surface area contributed by atoms with E-state index in [2.05, 4.69) is 12.1 Å². The van der Waals surface area contributed by atoms with Gasteiger partial charge in [0.1, 0.15) is 11.3 Å². The lowest BCUT2D eigenvalue weighted by molar-refractivity contribution is 0.0612. The molecule has 0 saturated carbocycles. The maximum Gasteiger partial charge on any atom is 0.134 e. The molecule has 2 aromatic rings. The van der Waals surface area contributed by atoms with Gasteiger partial charge in [-0.15, -0.1) is 0 Å². The van der Waals surface area contributed by atoms with Crippen LogP contribution in [-0.2, 0) is 4.74 Å². The van der Waals surface area contributed by atoms with E-state index < -0.39 is 0 Å². The molecular weight excluding hydrogens is 226 g/mol. The van der Waals surface area contributed by atoms with Gasteiger partial charge < -0.3 is 14.9 Å². The van der Waals surface area contributed by atoms with Crippen LogP contribution < -0.4 is 5.73 Å². The molecule has 3 rings (SSSR count). The third-order valence-electron chi connectivity index (χ3n) is 3.74. The lowest BCUT2D eigenvalue weighted by Crippen LogP contribution is -2.21. The molecule has 0 spiro atoms. The first-order chi connectivity index (χ1) is 8.83. The summed E-state index contributed by atoms with van der Waals surface area (Å²) < 4.78 is 11.2. The number of hydrogen-bond donors (Lipinski definition) is 1. The maximum atomic E-state index is 6.26. The number of benzene rings is 1. The van der Waals surface area contributed by atoms with Gasteiger partial charge in [-0.1, -0.05) is 18.2 Å². The lowest BCUT2D eigenvalue weighted by Gasteiger charge is -2.23. The quantitative estimate of drug-likeness (QED) is 0.903. The second-order valence-electron chi connectivity index (χ2n) is 5.08. The van der Waals surface area contributed by atoms with Crippen LogP contribution in [0.3, 0.4) is 0 Å². The molecule has 1 aliphatic heterocycles. The van der Waals surface area contributed by atoms with E-state index >= 15 is 0 Å². The van der Waals surface area contributed by atoms with E-state index in [0.29, 0.717) is 5.92 Å². The Kier molecular flexibility index (Phi) is 3.35. The van der Waals surface area contributed by atoms with Gasteiger partial charge in [-0.3, -0.25) is 0 Å². The molecule has 2 heterocycles. The number of hydrogen-bond acceptors (Lipinski definition) is 3. The van der Waals surface area contributed by atoms with Crippen molar-refractivity contribution in [2.24, 2.45) is 11.7 Å². The van der Waals surface area contributed by atoms with E-state index in [0.717, 1.165) is 49.2 Å². The number of rotatable bonds is 3. The second kappa shape index (κ2) is 5.12. The van der Waals surface area contributed by atoms with E-state index in [1.54, 1.807) is 0 Å². The summed E-state index contributed by atoms with van der Waals surface area (Å²) in [5.41, 5.74) is 7.18. The average Bonchev–Trinajstić information content (AvgIpc) is 2.84. The number of fused-ring (bicyclic) bond motifs is 1. The second-order valence-corrected chi connectivity index (χ2v) is 5.08. The van der Waals surface area contributed by atoms with Gasteiger partial charge in [0.25, 0.3) is 0 Å². The van der Waals surface area contributed by atoms with Gasteiger partial charge in [-0.05, 0) is 37.3 Å². The molecule has 0 amide bonds. The number of para-hydroxylation sites is 1. The standard InChI is InChI=1S/C15H19NO2/c16-13(9-11-5-7-17-8-6-11)15-10-12-3-1-2-4-14(12)18-15/h1-4,10-11,13H,5-9,16H2. The van der Waals surface area contributed by atoms with Crippen molar-refractivity contribution in [3.8, 4) is 0 Å². The van der Waals surface area contributed by atoms with Gasteiger partial charge >= 0.3 is 0 Å². The highest BCUT2D eigenvalue weighted by Gasteiger charge is 2.20. The topological polar surface area (TPSA) is 48.4 Å². The van der Waals surface area contributed by atoms with Crippen LogP contribution in [0.5, 0.6) is 0 Å². The van der Waals surface area contributed by atoms with Crippen molar-refractivity contribution >= 4 is 11.0 Å². The monoisotopic (exact) mass is 245 g/mol. The van der Waals surface area contributed by atoms with Crippen LogP contribution in [-0.4, -0.2) is 13.2 Å². The van der Waals surface area contributed by atoms with E-state index in [1.165, 1.54) is 0 Å². The molecule has 1 aliphatic rings. The fourth-order valence-electron chi connectivity index (χ4n) is 2.64. The minimum absolute atomic E-state index is 0.000463. The Hall–Kier alpha value is -1.32. The van der Waals surface area contributed by atoms with Gasteiger partial charge in [0.05, 0.1) is 6.04 Å². The molecule has 0 aliphatic carbocycles. The van der Waals surface area contributed by atoms with E-state index in [4.69, 9.17) is 14.9 Å². The SMILES string of the molecule is NC(CC1CCOCC1)c1cc2ccccc2o1. The first-order valence-corrected chi connectivity index (χ1v) is 6.65. The number of ether oxygens (including phenoxy) is 1. The highest BCUT2D eigenvalue weighted by atomic mass is 16.5. The zero-order valence-corrected chi connectivity index (χ0v) is 10.5. The Morgan fingerprint density at radius 2 is 2.00 bits per heavy atom. The van der Waals surface area contributed by atoms with Crippen LogP contribution in [0, 0.1) is 5.92 Å². The summed E-state index contributed by atoms with van der Waals surface area (Å²) in [7, 11) is 0. The van der Waals surface area contributed by atoms with Crippen molar-refractivity contribution in [2.75, 3.05) is 13.2 Å². The van der Waals surface area contributed by atoms with Gasteiger partial charge in [0, 0.05) is 18.6 Å². The van der Waals surface area contributed by atoms with Crippen molar-refractivity contribution < 1.29 is 9.15 Å². The van der Waals surface area contributed by atoms with Crippen molar-refractivity contribution in [3.63, 3.8) is 0 Å². The van der Waals surface area contributed by atoms with Crippen LogP contribution in [0.1, 0.15) is 31.1 Å². The Labute approximate surface area is 107 Å². The highest BCUT2D eigenvalue weighted by molar-refractivity contribution is 5.77. The molecule has 1 fully saturated rings. The van der Waals surface area contributed by atoms with Gasteiger partial charge in [0.2, 0.25) is 0 Å². The van der Waals surface area contributed by atoms with Crippen LogP contribution >= 0.6 is 0 Å². The Morgan fingerprint density at radius 3 is 2.78 bits per heavy atom. The van der Waals surface area contributed by atoms with E-state index in [9.17, 15) is 0 Å². The summed E-state index contributed by atoms with van der Waals surface area (Å²) in [5, 5.41) is 1.13. The Bertz CT molecular complexity index is 481. The zero-order valence-electron chi connectivity index (χ0n) is 10.5. The Morgan fingerprint density at radius 1 is 1.22 bits per heavy atom. The summed E-state index contributed by atoms with van der Waals surface area (Å²) in [6, 6.07) is 10.1. The van der Waals surface area contributed by atoms with Gasteiger partial charge in [0.15, 0.2) is 0 Å². The minimum Gasteiger partial charge on any atom is -0.459 e. The average molecular weight is 245 g/mol. The summed E-state index contributed by atoms with van der Waals surface area (Å²) in [6.45, 7) is 1.75. The molecule has 1 saturated heterocycles. The first kappa shape index (κ1) is 11.8. The van der Waals surface area contributed by atoms with Crippen LogP contribution in [0.4, 0.5) is 0 Å². The lowest BCUT2D eigenvalue weighted by atomic mass is 9.92. The summed E-state index contributed by atoms with van der Waals surface area (Å²) in [6.07, 6.45) is 3.23. The number of nitrogens with two attached hydrogens (primary N) is 1. The van der Waals surface area contributed by atoms with Crippen molar-refractivity contribution in [1.82, 2.24) is 0 Å². The minimum atomic E-state index is 0.000463. The van der Waals surface area contributed by atoms with Crippen molar-refractivity contribution in [2.45, 2.75) is 25.3 Å². The van der Waals surface area contributed by atoms with Crippen LogP contribution in [0.25, 0.3) is 11.0 Å². The molecule has 96 valence electrons. The summed E-state index contributed by atoms with van der Waals surface area (Å²) in [4.78, 5) is 0. The molecular formula is C15H19NO2. The molecule has 0 bridgehead atoms. The zero-order chi connectivity index (χ0) is 12.4.